The first-order chi connectivity index (χ1) is 7.08. The van der Waals surface area contributed by atoms with Crippen LogP contribution in [0.1, 0.15) is 11.1 Å². The maximum Gasteiger partial charge on any atom is 0.269 e. The highest BCUT2D eigenvalue weighted by molar-refractivity contribution is 6.64. The fourth-order valence-corrected chi connectivity index (χ4v) is 2.03. The standard InChI is InChI=1S/C10H8ClNO3/c11-10(13)8-3-6-1-2-9(12(14)15)5-7(6)4-8/h1-2,5,8H,3-4H2. The summed E-state index contributed by atoms with van der Waals surface area (Å²) < 4.78 is 0. The molecule has 0 bridgehead atoms. The minimum Gasteiger partial charge on any atom is -0.281 e. The summed E-state index contributed by atoms with van der Waals surface area (Å²) in [5, 5.41) is 10.2. The smallest absolute Gasteiger partial charge is 0.269 e. The number of rotatable bonds is 2. The highest BCUT2D eigenvalue weighted by Gasteiger charge is 2.27. The molecule has 1 unspecified atom stereocenters. The number of halogens is 1. The fraction of sp³-hybridized carbons (Fsp3) is 0.300. The van der Waals surface area contributed by atoms with E-state index in [9.17, 15) is 14.9 Å². The zero-order chi connectivity index (χ0) is 11.0. The van der Waals surface area contributed by atoms with Crippen LogP contribution in [-0.2, 0) is 17.6 Å². The number of carbonyl (C=O) groups excluding carboxylic acids is 1. The Hall–Kier alpha value is -1.42. The average molecular weight is 226 g/mol. The predicted octanol–water partition coefficient (Wildman–Crippen LogP) is 2.07. The molecule has 2 rings (SSSR count). The van der Waals surface area contributed by atoms with Crippen LogP contribution >= 0.6 is 11.6 Å². The summed E-state index contributed by atoms with van der Waals surface area (Å²) in [7, 11) is 0. The van der Waals surface area contributed by atoms with Crippen LogP contribution < -0.4 is 0 Å². The Labute approximate surface area is 91.0 Å². The van der Waals surface area contributed by atoms with Gasteiger partial charge in [0, 0.05) is 18.1 Å². The Balaban J connectivity index is 2.31. The normalized spacial score (nSPS) is 18.6. The molecule has 0 N–H and O–H groups in total. The van der Waals surface area contributed by atoms with E-state index in [1.165, 1.54) is 12.1 Å². The third kappa shape index (κ3) is 1.85. The second kappa shape index (κ2) is 3.62. The number of nitrogens with zero attached hydrogens (tertiary/aromatic N) is 1. The van der Waals surface area contributed by atoms with Gasteiger partial charge in [-0.1, -0.05) is 6.07 Å². The Kier molecular flexibility index (Phi) is 2.44. The van der Waals surface area contributed by atoms with Gasteiger partial charge >= 0.3 is 0 Å². The van der Waals surface area contributed by atoms with Crippen LogP contribution in [0.25, 0.3) is 0 Å². The van der Waals surface area contributed by atoms with Gasteiger partial charge in [0.2, 0.25) is 5.24 Å². The zero-order valence-electron chi connectivity index (χ0n) is 7.77. The van der Waals surface area contributed by atoms with E-state index in [-0.39, 0.29) is 16.8 Å². The highest BCUT2D eigenvalue weighted by Crippen LogP contribution is 2.30. The minimum absolute atomic E-state index is 0.0661. The van der Waals surface area contributed by atoms with Crippen molar-refractivity contribution >= 4 is 22.5 Å². The first kappa shape index (κ1) is 10.1. The van der Waals surface area contributed by atoms with Gasteiger partial charge in [-0.25, -0.2) is 0 Å². The molecule has 0 fully saturated rings. The molecule has 1 aromatic carbocycles. The molecule has 0 amide bonds. The Morgan fingerprint density at radius 1 is 1.40 bits per heavy atom. The summed E-state index contributed by atoms with van der Waals surface area (Å²) in [4.78, 5) is 21.1. The molecule has 0 aliphatic heterocycles. The van der Waals surface area contributed by atoms with E-state index in [0.29, 0.717) is 12.8 Å². The van der Waals surface area contributed by atoms with Crippen molar-refractivity contribution in [1.82, 2.24) is 0 Å². The molecule has 0 saturated heterocycles. The highest BCUT2D eigenvalue weighted by atomic mass is 35.5. The molecule has 1 aliphatic carbocycles. The van der Waals surface area contributed by atoms with E-state index >= 15 is 0 Å². The molecule has 0 aromatic heterocycles. The van der Waals surface area contributed by atoms with Crippen molar-refractivity contribution in [3.8, 4) is 0 Å². The van der Waals surface area contributed by atoms with Crippen molar-refractivity contribution in [1.29, 1.82) is 0 Å². The second-order valence-electron chi connectivity index (χ2n) is 3.62. The average Bonchev–Trinajstić information content (AvgIpc) is 2.59. The predicted molar refractivity (Wildman–Crippen MR) is 54.9 cm³/mol. The second-order valence-corrected chi connectivity index (χ2v) is 3.99. The molecule has 78 valence electrons. The van der Waals surface area contributed by atoms with Gasteiger partial charge in [0.15, 0.2) is 0 Å². The van der Waals surface area contributed by atoms with Gasteiger partial charge in [0.05, 0.1) is 4.92 Å². The molecular weight excluding hydrogens is 218 g/mol. The number of hydrogen-bond donors (Lipinski definition) is 0. The van der Waals surface area contributed by atoms with Gasteiger partial charge in [-0.2, -0.15) is 0 Å². The summed E-state index contributed by atoms with van der Waals surface area (Å²) in [6.45, 7) is 0. The largest absolute Gasteiger partial charge is 0.281 e. The summed E-state index contributed by atoms with van der Waals surface area (Å²) in [5.74, 6) is -0.219. The fourth-order valence-electron chi connectivity index (χ4n) is 1.88. The van der Waals surface area contributed by atoms with Crippen LogP contribution in [0.15, 0.2) is 18.2 Å². The third-order valence-electron chi connectivity index (χ3n) is 2.65. The van der Waals surface area contributed by atoms with Gasteiger partial charge in [-0.3, -0.25) is 14.9 Å². The van der Waals surface area contributed by atoms with Crippen LogP contribution in [0.4, 0.5) is 5.69 Å². The number of nitro groups is 1. The maximum atomic E-state index is 11.0. The van der Waals surface area contributed by atoms with E-state index in [0.717, 1.165) is 11.1 Å². The molecule has 5 heteroatoms. The van der Waals surface area contributed by atoms with Gasteiger partial charge in [0.1, 0.15) is 0 Å². The zero-order valence-corrected chi connectivity index (χ0v) is 8.53. The van der Waals surface area contributed by atoms with E-state index < -0.39 is 4.92 Å². The maximum absolute atomic E-state index is 11.0. The lowest BCUT2D eigenvalue weighted by Crippen LogP contribution is -2.07. The van der Waals surface area contributed by atoms with E-state index in [1.807, 2.05) is 0 Å². The summed E-state index contributed by atoms with van der Waals surface area (Å²) in [6, 6.07) is 4.68. The Morgan fingerprint density at radius 2 is 2.07 bits per heavy atom. The summed E-state index contributed by atoms with van der Waals surface area (Å²) in [5.41, 5.74) is 1.92. The molecule has 1 aromatic rings. The summed E-state index contributed by atoms with van der Waals surface area (Å²) in [6.07, 6.45) is 1.11. The van der Waals surface area contributed by atoms with Crippen molar-refractivity contribution in [2.75, 3.05) is 0 Å². The van der Waals surface area contributed by atoms with E-state index in [4.69, 9.17) is 11.6 Å². The first-order valence-corrected chi connectivity index (χ1v) is 4.91. The van der Waals surface area contributed by atoms with Crippen molar-refractivity contribution in [3.63, 3.8) is 0 Å². The van der Waals surface area contributed by atoms with Crippen LogP contribution in [0, 0.1) is 16.0 Å². The Morgan fingerprint density at radius 3 is 2.67 bits per heavy atom. The Bertz CT molecular complexity index is 444. The van der Waals surface area contributed by atoms with Gasteiger partial charge < -0.3 is 0 Å². The van der Waals surface area contributed by atoms with E-state index in [1.54, 1.807) is 6.07 Å². The molecule has 0 radical (unpaired) electrons. The van der Waals surface area contributed by atoms with Crippen molar-refractivity contribution in [3.05, 3.63) is 39.4 Å². The lowest BCUT2D eigenvalue weighted by Gasteiger charge is -1.98. The molecule has 4 nitrogen and oxygen atoms in total. The monoisotopic (exact) mass is 225 g/mol. The number of hydrogen-bond acceptors (Lipinski definition) is 3. The van der Waals surface area contributed by atoms with Crippen molar-refractivity contribution < 1.29 is 9.72 Å². The topological polar surface area (TPSA) is 60.2 Å². The van der Waals surface area contributed by atoms with Crippen LogP contribution in [0.2, 0.25) is 0 Å². The molecule has 0 saturated carbocycles. The number of benzene rings is 1. The molecule has 0 spiro atoms. The number of non-ortho nitro benzene ring substituents is 1. The number of nitro benzene ring substituents is 1. The van der Waals surface area contributed by atoms with Crippen LogP contribution in [-0.4, -0.2) is 10.2 Å². The number of carbonyl (C=O) groups is 1. The third-order valence-corrected chi connectivity index (χ3v) is 2.96. The van der Waals surface area contributed by atoms with Gasteiger partial charge in [-0.15, -0.1) is 0 Å². The van der Waals surface area contributed by atoms with Gasteiger partial charge in [0.25, 0.3) is 5.69 Å². The number of fused-ring (bicyclic) bond motifs is 1. The minimum atomic E-state index is -0.434. The lowest BCUT2D eigenvalue weighted by atomic mass is 10.1. The first-order valence-electron chi connectivity index (χ1n) is 4.53. The van der Waals surface area contributed by atoms with Crippen LogP contribution in [0.3, 0.4) is 0 Å². The van der Waals surface area contributed by atoms with E-state index in [2.05, 4.69) is 0 Å². The molecular formula is C10H8ClNO3. The SMILES string of the molecule is O=C(Cl)C1Cc2ccc([N+](=O)[O-])cc2C1. The van der Waals surface area contributed by atoms with Crippen molar-refractivity contribution in [2.24, 2.45) is 5.92 Å². The molecule has 15 heavy (non-hydrogen) atoms. The molecule has 0 heterocycles. The molecule has 1 atom stereocenters. The quantitative estimate of drug-likeness (QED) is 0.440. The van der Waals surface area contributed by atoms with Crippen molar-refractivity contribution in [2.45, 2.75) is 12.8 Å². The lowest BCUT2D eigenvalue weighted by molar-refractivity contribution is -0.384. The van der Waals surface area contributed by atoms with Crippen LogP contribution in [0.5, 0.6) is 0 Å². The molecule has 1 aliphatic rings. The van der Waals surface area contributed by atoms with Gasteiger partial charge in [-0.05, 0) is 35.6 Å². The summed E-state index contributed by atoms with van der Waals surface area (Å²) >= 11 is 5.40.